The Morgan fingerprint density at radius 3 is 2.24 bits per heavy atom. The van der Waals surface area contributed by atoms with E-state index in [-0.39, 0.29) is 5.75 Å². The van der Waals surface area contributed by atoms with Crippen molar-refractivity contribution in [3.63, 3.8) is 0 Å². The zero-order valence-corrected chi connectivity index (χ0v) is 13.0. The van der Waals surface area contributed by atoms with Crippen LogP contribution in [0.4, 0.5) is 13.2 Å². The van der Waals surface area contributed by atoms with Crippen molar-refractivity contribution in [2.75, 3.05) is 0 Å². The summed E-state index contributed by atoms with van der Waals surface area (Å²) in [5.74, 6) is -0.293. The lowest BCUT2D eigenvalue weighted by Crippen LogP contribution is -2.28. The molecule has 1 rings (SSSR count). The summed E-state index contributed by atoms with van der Waals surface area (Å²) in [7, 11) is -5.66. The second-order valence-electron chi connectivity index (χ2n) is 5.05. The van der Waals surface area contributed by atoms with Crippen molar-refractivity contribution in [1.29, 1.82) is 0 Å². The van der Waals surface area contributed by atoms with E-state index in [1.54, 1.807) is 13.0 Å². The van der Waals surface area contributed by atoms with Crippen LogP contribution >= 0.6 is 0 Å². The standard InChI is InChI=1S/C14H17F3O3S/c1-9(2)11(4)8-12-7-10(3)5-6-13(12)20-21(18,19)14(15,16)17/h5-7H,8H2,1-4H3. The number of aryl methyl sites for hydroxylation is 1. The number of hydrogen-bond donors (Lipinski definition) is 0. The summed E-state index contributed by atoms with van der Waals surface area (Å²) in [4.78, 5) is 0. The summed E-state index contributed by atoms with van der Waals surface area (Å²) >= 11 is 0. The molecule has 0 atom stereocenters. The molecule has 0 aromatic heterocycles. The van der Waals surface area contributed by atoms with Crippen molar-refractivity contribution in [2.45, 2.75) is 39.6 Å². The Kier molecular flexibility index (Phi) is 5.09. The predicted octanol–water partition coefficient (Wildman–Crippen LogP) is 4.12. The van der Waals surface area contributed by atoms with E-state index in [0.29, 0.717) is 12.0 Å². The van der Waals surface area contributed by atoms with Gasteiger partial charge in [0.2, 0.25) is 0 Å². The fourth-order valence-corrected chi connectivity index (χ4v) is 2.05. The molecule has 0 aliphatic carbocycles. The van der Waals surface area contributed by atoms with E-state index in [4.69, 9.17) is 0 Å². The van der Waals surface area contributed by atoms with E-state index in [2.05, 4.69) is 4.18 Å². The molecule has 118 valence electrons. The molecular weight excluding hydrogens is 305 g/mol. The van der Waals surface area contributed by atoms with Crippen LogP contribution in [0, 0.1) is 6.92 Å². The average molecular weight is 322 g/mol. The first-order valence-electron chi connectivity index (χ1n) is 6.17. The molecule has 0 aliphatic heterocycles. The normalized spacial score (nSPS) is 12.1. The van der Waals surface area contributed by atoms with Gasteiger partial charge in [-0.3, -0.25) is 0 Å². The fourth-order valence-electron chi connectivity index (χ4n) is 1.56. The number of allylic oxidation sites excluding steroid dienone is 2. The minimum Gasteiger partial charge on any atom is -0.376 e. The van der Waals surface area contributed by atoms with Gasteiger partial charge in [-0.2, -0.15) is 21.6 Å². The highest BCUT2D eigenvalue weighted by molar-refractivity contribution is 7.88. The summed E-state index contributed by atoms with van der Waals surface area (Å²) in [5, 5.41) is 0. The van der Waals surface area contributed by atoms with Crippen LogP contribution in [0.15, 0.2) is 29.3 Å². The molecule has 0 saturated heterocycles. The molecule has 21 heavy (non-hydrogen) atoms. The Hall–Kier alpha value is -1.50. The van der Waals surface area contributed by atoms with E-state index in [1.165, 1.54) is 12.1 Å². The molecule has 0 fully saturated rings. The highest BCUT2D eigenvalue weighted by atomic mass is 32.2. The average Bonchev–Trinajstić information content (AvgIpc) is 2.30. The van der Waals surface area contributed by atoms with Crippen molar-refractivity contribution in [2.24, 2.45) is 0 Å². The van der Waals surface area contributed by atoms with Crippen LogP contribution in [0.3, 0.4) is 0 Å². The Morgan fingerprint density at radius 1 is 1.19 bits per heavy atom. The van der Waals surface area contributed by atoms with E-state index < -0.39 is 15.6 Å². The minimum atomic E-state index is -5.66. The van der Waals surface area contributed by atoms with Crippen LogP contribution in [0.25, 0.3) is 0 Å². The highest BCUT2D eigenvalue weighted by Gasteiger charge is 2.48. The molecule has 1 aromatic carbocycles. The highest BCUT2D eigenvalue weighted by Crippen LogP contribution is 2.30. The molecule has 0 bridgehead atoms. The maximum Gasteiger partial charge on any atom is 0.534 e. The summed E-state index contributed by atoms with van der Waals surface area (Å²) < 4.78 is 63.7. The second kappa shape index (κ2) is 6.09. The second-order valence-corrected chi connectivity index (χ2v) is 6.59. The van der Waals surface area contributed by atoms with Gasteiger partial charge < -0.3 is 4.18 Å². The number of benzene rings is 1. The number of alkyl halides is 3. The van der Waals surface area contributed by atoms with Crippen LogP contribution in [0.2, 0.25) is 0 Å². The summed E-state index contributed by atoms with van der Waals surface area (Å²) in [6.45, 7) is 7.35. The molecule has 0 saturated carbocycles. The van der Waals surface area contributed by atoms with Gasteiger partial charge in [0.05, 0.1) is 0 Å². The third kappa shape index (κ3) is 4.49. The van der Waals surface area contributed by atoms with Gasteiger partial charge in [0, 0.05) is 5.56 Å². The van der Waals surface area contributed by atoms with Crippen molar-refractivity contribution in [3.8, 4) is 5.75 Å². The van der Waals surface area contributed by atoms with E-state index in [9.17, 15) is 21.6 Å². The molecule has 0 unspecified atom stereocenters. The lowest BCUT2D eigenvalue weighted by Gasteiger charge is -2.14. The maximum absolute atomic E-state index is 12.4. The molecule has 0 amide bonds. The van der Waals surface area contributed by atoms with Gasteiger partial charge in [-0.15, -0.1) is 0 Å². The van der Waals surface area contributed by atoms with Crippen LogP contribution in [0.5, 0.6) is 5.75 Å². The lowest BCUT2D eigenvalue weighted by atomic mass is 10.0. The van der Waals surface area contributed by atoms with E-state index >= 15 is 0 Å². The molecule has 0 spiro atoms. The van der Waals surface area contributed by atoms with Crippen molar-refractivity contribution < 1.29 is 25.8 Å². The monoisotopic (exact) mass is 322 g/mol. The Balaban J connectivity index is 3.23. The lowest BCUT2D eigenvalue weighted by molar-refractivity contribution is -0.0500. The first-order valence-corrected chi connectivity index (χ1v) is 7.58. The van der Waals surface area contributed by atoms with E-state index in [0.717, 1.165) is 16.7 Å². The van der Waals surface area contributed by atoms with Crippen molar-refractivity contribution in [1.82, 2.24) is 0 Å². The zero-order chi connectivity index (χ0) is 16.4. The third-order valence-corrected chi connectivity index (χ3v) is 3.97. The Labute approximate surface area is 122 Å². The van der Waals surface area contributed by atoms with Gasteiger partial charge in [-0.1, -0.05) is 28.8 Å². The smallest absolute Gasteiger partial charge is 0.376 e. The minimum absolute atomic E-state index is 0.293. The molecular formula is C14H17F3O3S. The Bertz CT molecular complexity index is 655. The molecule has 1 aromatic rings. The quantitative estimate of drug-likeness (QED) is 0.476. The van der Waals surface area contributed by atoms with Gasteiger partial charge in [0.1, 0.15) is 5.75 Å². The van der Waals surface area contributed by atoms with Gasteiger partial charge in [-0.05, 0) is 40.2 Å². The number of halogens is 3. The number of hydrogen-bond acceptors (Lipinski definition) is 3. The number of rotatable bonds is 4. The fraction of sp³-hybridized carbons (Fsp3) is 0.429. The summed E-state index contributed by atoms with van der Waals surface area (Å²) in [6.07, 6.45) is 0.326. The zero-order valence-electron chi connectivity index (χ0n) is 12.2. The maximum atomic E-state index is 12.4. The molecule has 3 nitrogen and oxygen atoms in total. The largest absolute Gasteiger partial charge is 0.534 e. The predicted molar refractivity (Wildman–Crippen MR) is 74.5 cm³/mol. The molecule has 0 aliphatic rings. The van der Waals surface area contributed by atoms with Crippen LogP contribution < -0.4 is 4.18 Å². The van der Waals surface area contributed by atoms with Gasteiger partial charge in [-0.25, -0.2) is 0 Å². The molecule has 0 N–H and O–H groups in total. The van der Waals surface area contributed by atoms with Crippen molar-refractivity contribution in [3.05, 3.63) is 40.5 Å². The van der Waals surface area contributed by atoms with Crippen LogP contribution in [-0.2, 0) is 16.5 Å². The van der Waals surface area contributed by atoms with Crippen molar-refractivity contribution >= 4 is 10.1 Å². The third-order valence-electron chi connectivity index (χ3n) is 3.01. The Morgan fingerprint density at radius 2 is 1.76 bits per heavy atom. The first kappa shape index (κ1) is 17.6. The molecule has 0 radical (unpaired) electrons. The van der Waals surface area contributed by atoms with Gasteiger partial charge in [0.15, 0.2) is 0 Å². The van der Waals surface area contributed by atoms with Gasteiger partial charge in [0.25, 0.3) is 0 Å². The van der Waals surface area contributed by atoms with Gasteiger partial charge >= 0.3 is 15.6 Å². The molecule has 0 heterocycles. The van der Waals surface area contributed by atoms with E-state index in [1.807, 2.05) is 20.8 Å². The first-order chi connectivity index (χ1) is 9.44. The summed E-state index contributed by atoms with van der Waals surface area (Å²) in [6, 6.07) is 4.36. The summed E-state index contributed by atoms with van der Waals surface area (Å²) in [5.41, 5.74) is -2.28. The van der Waals surface area contributed by atoms with Crippen LogP contribution in [-0.4, -0.2) is 13.9 Å². The van der Waals surface area contributed by atoms with Crippen LogP contribution in [0.1, 0.15) is 31.9 Å². The topological polar surface area (TPSA) is 43.4 Å². The SMILES string of the molecule is CC(C)=C(C)Cc1cc(C)ccc1OS(=O)(=O)C(F)(F)F. The molecule has 7 heteroatoms.